The van der Waals surface area contributed by atoms with Crippen LogP contribution in [0.1, 0.15) is 0 Å². The minimum Gasteiger partial charge on any atom is -0.294 e. The van der Waals surface area contributed by atoms with Gasteiger partial charge in [0.25, 0.3) is 0 Å². The molecule has 0 fully saturated rings. The Labute approximate surface area is 412 Å². The number of fused-ring (bicyclic) bond motifs is 20. The second-order valence-electron chi connectivity index (χ2n) is 18.8. The van der Waals surface area contributed by atoms with Gasteiger partial charge >= 0.3 is 238 Å². The maximum atomic E-state index is 5.50. The molecule has 0 aliphatic heterocycles. The SMILES string of the molecule is c1cc(-c2ccc3c(c2)c2ccccc2c2cc4[se]c5c6ccccc6c6ccccc6c5c4cc32)cc(-c2nc(-n3c4ccccc4c4ccccc43)cc(-n3c4ccccc4c4ccccc43)n2)c1. The van der Waals surface area contributed by atoms with Gasteiger partial charge in [-0.05, 0) is 24.3 Å². The maximum absolute atomic E-state index is 5.50. The summed E-state index contributed by atoms with van der Waals surface area (Å²) in [6, 6.07) is 84.6. The molecule has 0 atom stereocenters. The van der Waals surface area contributed by atoms with E-state index in [9.17, 15) is 0 Å². The van der Waals surface area contributed by atoms with Crippen LogP contribution in [-0.2, 0) is 0 Å². The summed E-state index contributed by atoms with van der Waals surface area (Å²) in [6.07, 6.45) is 0. The van der Waals surface area contributed by atoms with Crippen molar-refractivity contribution in [3.05, 3.63) is 231 Å². The second kappa shape index (κ2) is 14.8. The molecule has 0 aliphatic rings. The first-order chi connectivity index (χ1) is 35.2. The van der Waals surface area contributed by atoms with Crippen molar-refractivity contribution in [1.29, 1.82) is 0 Å². The Morgan fingerprint density at radius 1 is 0.268 bits per heavy atom. The Hall–Kier alpha value is -8.86. The van der Waals surface area contributed by atoms with Crippen molar-refractivity contribution >= 4 is 131 Å². The molecule has 4 nitrogen and oxygen atoms in total. The van der Waals surface area contributed by atoms with Gasteiger partial charge < -0.3 is 0 Å². The van der Waals surface area contributed by atoms with Crippen molar-refractivity contribution in [2.45, 2.75) is 0 Å². The number of hydrogen-bond donors (Lipinski definition) is 0. The number of para-hydroxylation sites is 4. The van der Waals surface area contributed by atoms with Crippen molar-refractivity contribution < 1.29 is 0 Å². The van der Waals surface area contributed by atoms with Crippen molar-refractivity contribution in [1.82, 2.24) is 19.1 Å². The number of hydrogen-bond acceptors (Lipinski definition) is 2. The number of benzene rings is 12. The van der Waals surface area contributed by atoms with Gasteiger partial charge in [0, 0.05) is 27.6 Å². The van der Waals surface area contributed by atoms with Crippen molar-refractivity contribution in [3.8, 4) is 34.2 Å². The van der Waals surface area contributed by atoms with E-state index < -0.39 is 0 Å². The molecule has 0 radical (unpaired) electrons. The molecular formula is C66H38N4Se. The van der Waals surface area contributed by atoms with Gasteiger partial charge in [0.05, 0.1) is 22.1 Å². The van der Waals surface area contributed by atoms with Crippen molar-refractivity contribution in [2.24, 2.45) is 0 Å². The van der Waals surface area contributed by atoms with E-state index >= 15 is 0 Å². The monoisotopic (exact) mass is 966 g/mol. The minimum absolute atomic E-state index is 0.185. The third kappa shape index (κ3) is 5.62. The van der Waals surface area contributed by atoms with Crippen LogP contribution in [0.3, 0.4) is 0 Å². The summed E-state index contributed by atoms with van der Waals surface area (Å²) >= 11 is 0.185. The Kier molecular flexibility index (Phi) is 8.15. The predicted molar refractivity (Wildman–Crippen MR) is 301 cm³/mol. The quantitative estimate of drug-likeness (QED) is 0.130. The van der Waals surface area contributed by atoms with Crippen LogP contribution < -0.4 is 0 Å². The van der Waals surface area contributed by atoms with Crippen molar-refractivity contribution in [2.75, 3.05) is 0 Å². The molecule has 4 heterocycles. The molecule has 0 saturated carbocycles. The third-order valence-electron chi connectivity index (χ3n) is 15.1. The zero-order valence-electron chi connectivity index (χ0n) is 38.1. The van der Waals surface area contributed by atoms with Crippen LogP contribution >= 0.6 is 0 Å². The summed E-state index contributed by atoms with van der Waals surface area (Å²) in [4.78, 5) is 11.0. The van der Waals surface area contributed by atoms with Gasteiger partial charge in [0.15, 0.2) is 0 Å². The average Bonchev–Trinajstić information content (AvgIpc) is 4.11. The van der Waals surface area contributed by atoms with E-state index in [1.807, 2.05) is 0 Å². The van der Waals surface area contributed by atoms with E-state index in [4.69, 9.17) is 9.97 Å². The smallest absolute Gasteiger partial charge is 0.294 e. The molecule has 0 amide bonds. The molecule has 0 N–H and O–H groups in total. The van der Waals surface area contributed by atoms with Crippen LogP contribution in [-0.4, -0.2) is 33.6 Å². The van der Waals surface area contributed by atoms with Gasteiger partial charge in [-0.2, -0.15) is 0 Å². The molecule has 4 aromatic heterocycles. The van der Waals surface area contributed by atoms with Crippen LogP contribution in [0.2, 0.25) is 0 Å². The van der Waals surface area contributed by atoms with Gasteiger partial charge in [-0.15, -0.1) is 0 Å². The van der Waals surface area contributed by atoms with Crippen LogP contribution in [0.15, 0.2) is 231 Å². The minimum atomic E-state index is 0.185. The summed E-state index contributed by atoms with van der Waals surface area (Å²) < 4.78 is 7.56. The van der Waals surface area contributed by atoms with E-state index in [0.29, 0.717) is 5.82 Å². The average molecular weight is 966 g/mol. The first-order valence-corrected chi connectivity index (χ1v) is 25.9. The Morgan fingerprint density at radius 2 is 0.676 bits per heavy atom. The number of nitrogens with zero attached hydrogens (tertiary/aromatic N) is 4. The van der Waals surface area contributed by atoms with E-state index in [-0.39, 0.29) is 14.5 Å². The Balaban J connectivity index is 0.912. The van der Waals surface area contributed by atoms with E-state index in [1.165, 1.54) is 94.7 Å². The molecule has 0 spiro atoms. The fraction of sp³-hybridized carbons (Fsp3) is 0. The first-order valence-electron chi connectivity index (χ1n) is 24.2. The summed E-state index contributed by atoms with van der Waals surface area (Å²) in [5.74, 6) is 2.29. The molecular weight excluding hydrogens is 928 g/mol. The molecule has 0 unspecified atom stereocenters. The van der Waals surface area contributed by atoms with Gasteiger partial charge in [-0.1, -0.05) is 72.8 Å². The van der Waals surface area contributed by atoms with Crippen LogP contribution in [0.25, 0.3) is 151 Å². The first kappa shape index (κ1) is 39.0. The normalized spacial score (nSPS) is 12.2. The summed E-state index contributed by atoms with van der Waals surface area (Å²) in [5, 5.41) is 20.7. The molecule has 0 aliphatic carbocycles. The van der Waals surface area contributed by atoms with E-state index in [1.54, 1.807) is 0 Å². The fourth-order valence-corrected chi connectivity index (χ4v) is 14.7. The van der Waals surface area contributed by atoms with Gasteiger partial charge in [-0.3, -0.25) is 9.13 Å². The molecule has 16 aromatic rings. The summed E-state index contributed by atoms with van der Waals surface area (Å²) in [7, 11) is 0. The Morgan fingerprint density at radius 3 is 1.24 bits per heavy atom. The molecule has 12 aromatic carbocycles. The zero-order chi connectivity index (χ0) is 46.3. The standard InChI is InChI=1S/C66H38N4Se/c1-2-21-45-44(20-1)53-35-40(32-33-46(53)54-36-56-61(37-55(45)54)71-65-52-27-6-4-19-43(52)42-18-3-5-26-51(42)64(56)65)39-16-15-17-41(34-39)66-67-62(69-57-28-11-7-22-47(57)48-23-8-12-29-58(48)69)38-63(68-66)70-59-30-13-9-24-49(59)50-25-10-14-31-60(50)70/h1-38H. The van der Waals surface area contributed by atoms with E-state index in [0.717, 1.165) is 50.4 Å². The predicted octanol–water partition coefficient (Wildman–Crippen LogP) is 17.1. The van der Waals surface area contributed by atoms with Crippen molar-refractivity contribution in [3.63, 3.8) is 0 Å². The Bertz CT molecular complexity index is 4720. The molecule has 0 bridgehead atoms. The van der Waals surface area contributed by atoms with Crippen LogP contribution in [0.4, 0.5) is 0 Å². The molecule has 16 rings (SSSR count). The summed E-state index contributed by atoms with van der Waals surface area (Å²) in [6.45, 7) is 0. The van der Waals surface area contributed by atoms with E-state index in [2.05, 4.69) is 240 Å². The molecule has 328 valence electrons. The van der Waals surface area contributed by atoms with Gasteiger partial charge in [0.2, 0.25) is 0 Å². The third-order valence-corrected chi connectivity index (χ3v) is 17.6. The van der Waals surface area contributed by atoms with Gasteiger partial charge in [0.1, 0.15) is 11.6 Å². The number of rotatable bonds is 4. The zero-order valence-corrected chi connectivity index (χ0v) is 39.8. The molecule has 0 saturated heterocycles. The fourth-order valence-electron chi connectivity index (χ4n) is 12.0. The molecule has 5 heteroatoms. The van der Waals surface area contributed by atoms with Crippen LogP contribution in [0.5, 0.6) is 0 Å². The second-order valence-corrected chi connectivity index (χ2v) is 21.0. The molecule has 71 heavy (non-hydrogen) atoms. The number of aromatic nitrogens is 4. The topological polar surface area (TPSA) is 35.6 Å². The van der Waals surface area contributed by atoms with Crippen LogP contribution in [0, 0.1) is 0 Å². The summed E-state index contributed by atoms with van der Waals surface area (Å²) in [5.41, 5.74) is 7.63. The van der Waals surface area contributed by atoms with Gasteiger partial charge in [-0.25, -0.2) is 9.97 Å².